The fourth-order valence-electron chi connectivity index (χ4n) is 3.39. The Hall–Kier alpha value is -3.92. The Balaban J connectivity index is 2.00. The van der Waals surface area contributed by atoms with Gasteiger partial charge in [0, 0.05) is 12.8 Å². The highest BCUT2D eigenvalue weighted by atomic mass is 16.7. The molecule has 0 fully saturated rings. The van der Waals surface area contributed by atoms with E-state index in [1.54, 1.807) is 50.2 Å². The van der Waals surface area contributed by atoms with Crippen molar-refractivity contribution in [3.63, 3.8) is 0 Å². The fraction of sp³-hybridized carbons (Fsp3) is 0.467. The maximum atomic E-state index is 12.7. The molecule has 10 nitrogen and oxygen atoms in total. The largest absolute Gasteiger partial charge is 0.514 e. The van der Waals surface area contributed by atoms with Crippen molar-refractivity contribution in [3.05, 3.63) is 54.1 Å². The monoisotopic (exact) mass is 557 g/mol. The molecule has 10 heteroatoms. The van der Waals surface area contributed by atoms with E-state index in [0.717, 1.165) is 12.8 Å². The topological polar surface area (TPSA) is 140 Å². The van der Waals surface area contributed by atoms with E-state index in [-0.39, 0.29) is 30.8 Å². The predicted molar refractivity (Wildman–Crippen MR) is 147 cm³/mol. The molecule has 0 radical (unpaired) electrons. The number of carbonyl (C=O) groups excluding carboxylic acids is 4. The van der Waals surface area contributed by atoms with Gasteiger partial charge >= 0.3 is 24.1 Å². The summed E-state index contributed by atoms with van der Waals surface area (Å²) in [5.74, 6) is -1.08. The first-order chi connectivity index (χ1) is 19.1. The zero-order valence-electron chi connectivity index (χ0n) is 23.6. The van der Waals surface area contributed by atoms with Gasteiger partial charge in [0.15, 0.2) is 11.5 Å². The van der Waals surface area contributed by atoms with Crippen molar-refractivity contribution in [2.75, 3.05) is 0 Å². The van der Waals surface area contributed by atoms with Gasteiger partial charge in [0.1, 0.15) is 24.0 Å². The van der Waals surface area contributed by atoms with Gasteiger partial charge in [-0.05, 0) is 62.9 Å². The number of nitrogens with two attached hydrogens (primary N) is 1. The number of hydrogen-bond acceptors (Lipinski definition) is 10. The lowest BCUT2D eigenvalue weighted by Crippen LogP contribution is -2.39. The number of rotatable bonds is 15. The molecule has 2 rings (SSSR count). The molecule has 0 aliphatic carbocycles. The maximum absolute atomic E-state index is 12.7. The second-order valence-corrected chi connectivity index (χ2v) is 9.38. The lowest BCUT2D eigenvalue weighted by Gasteiger charge is -2.22. The van der Waals surface area contributed by atoms with Gasteiger partial charge in [-0.2, -0.15) is 0 Å². The lowest BCUT2D eigenvalue weighted by molar-refractivity contribution is -0.155. The van der Waals surface area contributed by atoms with E-state index in [1.165, 1.54) is 12.1 Å². The standard InChI is InChI=1S/C30H39NO9/c1-5-7-14-27(32)39-25-17-16-22(19-26(25)40-28(33)15-8-6-2)18-24(31)29(34)36-20(3)21(4)37-30(35)38-23-12-10-9-11-13-23/h9-13,16-17,19-21,24H,5-8,14-15,18,31H2,1-4H3/t20-,21-,24-/m0/s1. The van der Waals surface area contributed by atoms with Gasteiger partial charge in [-0.15, -0.1) is 0 Å². The SMILES string of the molecule is CCCCC(=O)Oc1ccc(C[C@H](N)C(=O)O[C@@H](C)[C@H](C)OC(=O)Oc2ccccc2)cc1OC(=O)CCCC. The van der Waals surface area contributed by atoms with Crippen molar-refractivity contribution in [2.45, 2.75) is 90.9 Å². The van der Waals surface area contributed by atoms with Crippen LogP contribution in [0.3, 0.4) is 0 Å². The van der Waals surface area contributed by atoms with Crippen LogP contribution in [0.4, 0.5) is 4.79 Å². The molecular weight excluding hydrogens is 518 g/mol. The molecule has 0 aliphatic rings. The molecule has 0 amide bonds. The average molecular weight is 558 g/mol. The normalized spacial score (nSPS) is 12.9. The minimum absolute atomic E-state index is 0.0560. The van der Waals surface area contributed by atoms with E-state index in [1.807, 2.05) is 13.8 Å². The number of hydrogen-bond donors (Lipinski definition) is 1. The highest BCUT2D eigenvalue weighted by molar-refractivity contribution is 5.77. The first-order valence-electron chi connectivity index (χ1n) is 13.6. The fourth-order valence-corrected chi connectivity index (χ4v) is 3.39. The maximum Gasteiger partial charge on any atom is 0.514 e. The van der Waals surface area contributed by atoms with Crippen LogP contribution in [0.5, 0.6) is 17.2 Å². The van der Waals surface area contributed by atoms with Gasteiger partial charge in [0.05, 0.1) is 0 Å². The molecule has 3 atom stereocenters. The Morgan fingerprint density at radius 3 is 1.93 bits per heavy atom. The number of para-hydroxylation sites is 1. The Kier molecular flexibility index (Phi) is 13.7. The summed E-state index contributed by atoms with van der Waals surface area (Å²) in [6, 6.07) is 12.0. The lowest BCUT2D eigenvalue weighted by atomic mass is 10.1. The first-order valence-corrected chi connectivity index (χ1v) is 13.6. The third-order valence-electron chi connectivity index (χ3n) is 5.87. The number of ether oxygens (including phenoxy) is 5. The van der Waals surface area contributed by atoms with Crippen LogP contribution in [-0.4, -0.2) is 42.3 Å². The number of carbonyl (C=O) groups is 4. The Labute approximate surface area is 235 Å². The van der Waals surface area contributed by atoms with Crippen molar-refractivity contribution in [1.82, 2.24) is 0 Å². The minimum Gasteiger partial charge on any atom is -0.458 e. The molecular formula is C30H39NO9. The molecule has 218 valence electrons. The summed E-state index contributed by atoms with van der Waals surface area (Å²) in [5, 5.41) is 0. The van der Waals surface area contributed by atoms with Crippen LogP contribution in [-0.2, 0) is 30.3 Å². The van der Waals surface area contributed by atoms with Gasteiger partial charge in [-0.1, -0.05) is 51.0 Å². The van der Waals surface area contributed by atoms with Gasteiger partial charge in [-0.3, -0.25) is 14.4 Å². The summed E-state index contributed by atoms with van der Waals surface area (Å²) in [6.45, 7) is 7.06. The molecule has 2 aromatic rings. The summed E-state index contributed by atoms with van der Waals surface area (Å²) in [5.41, 5.74) is 6.66. The van der Waals surface area contributed by atoms with Crippen LogP contribution < -0.4 is 19.9 Å². The molecule has 2 N–H and O–H groups in total. The molecule has 0 aliphatic heterocycles. The van der Waals surface area contributed by atoms with Crippen molar-refractivity contribution in [2.24, 2.45) is 5.73 Å². The van der Waals surface area contributed by atoms with E-state index in [4.69, 9.17) is 29.4 Å². The molecule has 40 heavy (non-hydrogen) atoms. The van der Waals surface area contributed by atoms with E-state index in [2.05, 4.69) is 0 Å². The molecule has 0 spiro atoms. The Morgan fingerprint density at radius 1 is 0.750 bits per heavy atom. The first kappa shape index (κ1) is 32.3. The van der Waals surface area contributed by atoms with Crippen molar-refractivity contribution >= 4 is 24.1 Å². The summed E-state index contributed by atoms with van der Waals surface area (Å²) in [4.78, 5) is 49.1. The highest BCUT2D eigenvalue weighted by Gasteiger charge is 2.25. The molecule has 0 bridgehead atoms. The average Bonchev–Trinajstić information content (AvgIpc) is 2.92. The smallest absolute Gasteiger partial charge is 0.458 e. The highest BCUT2D eigenvalue weighted by Crippen LogP contribution is 2.30. The zero-order chi connectivity index (χ0) is 29.5. The van der Waals surface area contributed by atoms with Crippen LogP contribution in [0.25, 0.3) is 0 Å². The minimum atomic E-state index is -1.06. The molecule has 0 saturated heterocycles. The molecule has 0 saturated carbocycles. The van der Waals surface area contributed by atoms with E-state index < -0.39 is 42.3 Å². The van der Waals surface area contributed by atoms with Crippen LogP contribution in [0, 0.1) is 0 Å². The number of unbranched alkanes of at least 4 members (excludes halogenated alkanes) is 2. The van der Waals surface area contributed by atoms with Gasteiger partial charge in [0.2, 0.25) is 0 Å². The van der Waals surface area contributed by atoms with Crippen LogP contribution >= 0.6 is 0 Å². The summed E-state index contributed by atoms with van der Waals surface area (Å²) in [7, 11) is 0. The van der Waals surface area contributed by atoms with Crippen molar-refractivity contribution < 1.29 is 42.9 Å². The summed E-state index contributed by atoms with van der Waals surface area (Å²) >= 11 is 0. The molecule has 2 aromatic carbocycles. The predicted octanol–water partition coefficient (Wildman–Crippen LogP) is 5.28. The van der Waals surface area contributed by atoms with Crippen LogP contribution in [0.1, 0.15) is 71.8 Å². The van der Waals surface area contributed by atoms with Crippen molar-refractivity contribution in [3.8, 4) is 17.2 Å². The van der Waals surface area contributed by atoms with Gasteiger partial charge < -0.3 is 29.4 Å². The van der Waals surface area contributed by atoms with Gasteiger partial charge in [0.25, 0.3) is 0 Å². The summed E-state index contributed by atoms with van der Waals surface area (Å²) in [6.07, 6.45) is 0.965. The zero-order valence-corrected chi connectivity index (χ0v) is 23.6. The van der Waals surface area contributed by atoms with Crippen LogP contribution in [0.15, 0.2) is 48.5 Å². The Morgan fingerprint density at radius 2 is 1.32 bits per heavy atom. The van der Waals surface area contributed by atoms with Gasteiger partial charge in [-0.25, -0.2) is 4.79 Å². The summed E-state index contributed by atoms with van der Waals surface area (Å²) < 4.78 is 26.6. The number of esters is 3. The molecule has 0 heterocycles. The molecule has 0 aromatic heterocycles. The van der Waals surface area contributed by atoms with E-state index >= 15 is 0 Å². The van der Waals surface area contributed by atoms with Crippen LogP contribution in [0.2, 0.25) is 0 Å². The second kappa shape index (κ2) is 16.9. The Bertz CT molecular complexity index is 1120. The van der Waals surface area contributed by atoms with E-state index in [9.17, 15) is 19.2 Å². The van der Waals surface area contributed by atoms with E-state index in [0.29, 0.717) is 24.2 Å². The number of benzene rings is 2. The molecule has 0 unspecified atom stereocenters. The third kappa shape index (κ3) is 11.4. The third-order valence-corrected chi connectivity index (χ3v) is 5.87. The second-order valence-electron chi connectivity index (χ2n) is 9.38. The van der Waals surface area contributed by atoms with Crippen molar-refractivity contribution in [1.29, 1.82) is 0 Å². The quantitative estimate of drug-likeness (QED) is 0.175.